The smallest absolute Gasteiger partial charge is 0.299 e. The van der Waals surface area contributed by atoms with Crippen LogP contribution in [0.4, 0.5) is 5.69 Å². The number of ether oxygens (including phenoxy) is 1. The highest BCUT2D eigenvalue weighted by atomic mass is 28.3. The van der Waals surface area contributed by atoms with Gasteiger partial charge in [-0.3, -0.25) is 0 Å². The first kappa shape index (κ1) is 32.9. The number of anilines is 1. The number of unbranched alkanes of at least 4 members (excludes halogenated alkanes) is 2. The molecule has 7 heteroatoms. The van der Waals surface area contributed by atoms with Crippen LogP contribution in [0.5, 0.6) is 5.75 Å². The standard InChI is InChI=1S/C38H40N4O2Si/c1-5-7-23-42(24-8-6-2)31-21-19-29(20-22-35-34(28-41)37(30(26-39)27-40)43-38(35,3)4)36(25-31)44-45(32-15-11-9-12-16-32)33-17-13-10-14-18-33/h9-22,25,45H,5-8,23-24H2,1-4H3/b22-20+. The first-order chi connectivity index (χ1) is 21.9. The average molecular weight is 613 g/mol. The normalized spacial score (nSPS) is 13.7. The van der Waals surface area contributed by atoms with Crippen molar-refractivity contribution in [2.24, 2.45) is 0 Å². The summed E-state index contributed by atoms with van der Waals surface area (Å²) in [7, 11) is -2.15. The summed E-state index contributed by atoms with van der Waals surface area (Å²) < 4.78 is 13.1. The number of allylic oxidation sites excluding steroid dienone is 2. The van der Waals surface area contributed by atoms with Crippen molar-refractivity contribution >= 4 is 31.2 Å². The molecule has 0 N–H and O–H groups in total. The molecule has 0 aliphatic carbocycles. The maximum atomic E-state index is 10.0. The van der Waals surface area contributed by atoms with Crippen molar-refractivity contribution in [1.29, 1.82) is 15.8 Å². The summed E-state index contributed by atoms with van der Waals surface area (Å²) >= 11 is 0. The second-order valence-corrected chi connectivity index (χ2v) is 13.8. The average Bonchev–Trinajstić information content (AvgIpc) is 3.33. The highest BCUT2D eigenvalue weighted by molar-refractivity contribution is 6.80. The monoisotopic (exact) mass is 612 g/mol. The van der Waals surface area contributed by atoms with E-state index in [1.807, 2.05) is 50.3 Å². The Morgan fingerprint density at radius 1 is 0.844 bits per heavy atom. The first-order valence-corrected chi connectivity index (χ1v) is 17.2. The van der Waals surface area contributed by atoms with Gasteiger partial charge < -0.3 is 14.1 Å². The van der Waals surface area contributed by atoms with E-state index in [1.165, 1.54) is 10.4 Å². The summed E-state index contributed by atoms with van der Waals surface area (Å²) in [5.41, 5.74) is 1.67. The fourth-order valence-electron chi connectivity index (χ4n) is 5.39. The highest BCUT2D eigenvalue weighted by Gasteiger charge is 2.38. The molecule has 0 bridgehead atoms. The minimum Gasteiger partial charge on any atom is -0.537 e. The molecular weight excluding hydrogens is 573 g/mol. The number of benzene rings is 3. The minimum absolute atomic E-state index is 0.0297. The lowest BCUT2D eigenvalue weighted by Gasteiger charge is -2.27. The van der Waals surface area contributed by atoms with E-state index in [0.717, 1.165) is 55.8 Å². The number of nitriles is 3. The summed E-state index contributed by atoms with van der Waals surface area (Å²) in [6, 6.07) is 33.1. The van der Waals surface area contributed by atoms with Gasteiger partial charge in [0, 0.05) is 36.0 Å². The molecular formula is C38H40N4O2Si. The van der Waals surface area contributed by atoms with E-state index in [2.05, 4.69) is 91.5 Å². The summed E-state index contributed by atoms with van der Waals surface area (Å²) in [5.74, 6) is 0.801. The summed E-state index contributed by atoms with van der Waals surface area (Å²) in [4.78, 5) is 2.45. The zero-order valence-corrected chi connectivity index (χ0v) is 27.7. The number of hydrogen-bond acceptors (Lipinski definition) is 6. The number of rotatable bonds is 13. The maximum absolute atomic E-state index is 10.0. The van der Waals surface area contributed by atoms with Crippen LogP contribution in [0.3, 0.4) is 0 Å². The first-order valence-electron chi connectivity index (χ1n) is 15.6. The van der Waals surface area contributed by atoms with E-state index in [4.69, 9.17) is 9.16 Å². The third-order valence-electron chi connectivity index (χ3n) is 7.87. The van der Waals surface area contributed by atoms with Gasteiger partial charge in [-0.05, 0) is 49.2 Å². The Kier molecular flexibility index (Phi) is 11.4. The fourth-order valence-corrected chi connectivity index (χ4v) is 7.65. The van der Waals surface area contributed by atoms with Gasteiger partial charge in [-0.25, -0.2) is 0 Å². The van der Waals surface area contributed by atoms with Crippen LogP contribution in [-0.2, 0) is 4.74 Å². The topological polar surface area (TPSA) is 93.1 Å². The van der Waals surface area contributed by atoms with Gasteiger partial charge in [0.05, 0.1) is 0 Å². The largest absolute Gasteiger partial charge is 0.537 e. The number of nitrogens with zero attached hydrogens (tertiary/aromatic N) is 4. The Morgan fingerprint density at radius 2 is 1.42 bits per heavy atom. The predicted octanol–water partition coefficient (Wildman–Crippen LogP) is 6.95. The van der Waals surface area contributed by atoms with Crippen molar-refractivity contribution in [3.63, 3.8) is 0 Å². The Hall–Kier alpha value is -5.03. The van der Waals surface area contributed by atoms with Gasteiger partial charge in [0.1, 0.15) is 35.1 Å². The van der Waals surface area contributed by atoms with Crippen LogP contribution in [0.15, 0.2) is 107 Å². The molecule has 45 heavy (non-hydrogen) atoms. The molecule has 0 saturated carbocycles. The molecule has 0 aromatic heterocycles. The minimum atomic E-state index is -2.15. The Labute approximate surface area is 269 Å². The molecule has 3 aromatic rings. The van der Waals surface area contributed by atoms with Crippen molar-refractivity contribution in [3.05, 3.63) is 113 Å². The van der Waals surface area contributed by atoms with Gasteiger partial charge in [-0.1, -0.05) is 99.5 Å². The van der Waals surface area contributed by atoms with Crippen molar-refractivity contribution in [2.45, 2.75) is 59.0 Å². The zero-order chi connectivity index (χ0) is 32.2. The van der Waals surface area contributed by atoms with Crippen LogP contribution in [0.1, 0.15) is 58.9 Å². The molecule has 0 amide bonds. The van der Waals surface area contributed by atoms with Crippen LogP contribution < -0.4 is 19.7 Å². The van der Waals surface area contributed by atoms with Crippen molar-refractivity contribution in [3.8, 4) is 24.0 Å². The molecule has 0 saturated heterocycles. The van der Waals surface area contributed by atoms with Crippen molar-refractivity contribution in [1.82, 2.24) is 0 Å². The molecule has 0 radical (unpaired) electrons. The quantitative estimate of drug-likeness (QED) is 0.153. The van der Waals surface area contributed by atoms with E-state index < -0.39 is 14.6 Å². The molecule has 4 rings (SSSR count). The lowest BCUT2D eigenvalue weighted by molar-refractivity contribution is 0.0954. The molecule has 1 heterocycles. The zero-order valence-electron chi connectivity index (χ0n) is 26.6. The third kappa shape index (κ3) is 7.93. The summed E-state index contributed by atoms with van der Waals surface area (Å²) in [6.07, 6.45) is 8.25. The molecule has 228 valence electrons. The molecule has 1 aliphatic rings. The van der Waals surface area contributed by atoms with E-state index in [-0.39, 0.29) is 16.9 Å². The second kappa shape index (κ2) is 15.6. The van der Waals surface area contributed by atoms with Crippen LogP contribution in [-0.4, -0.2) is 27.7 Å². The number of hydrogen-bond donors (Lipinski definition) is 0. The lowest BCUT2D eigenvalue weighted by Crippen LogP contribution is -2.47. The highest BCUT2D eigenvalue weighted by Crippen LogP contribution is 2.41. The van der Waals surface area contributed by atoms with Gasteiger partial charge in [0.25, 0.3) is 9.04 Å². The Balaban J connectivity index is 1.86. The Bertz CT molecular complexity index is 1630. The van der Waals surface area contributed by atoms with E-state index in [1.54, 1.807) is 0 Å². The molecule has 0 unspecified atom stereocenters. The lowest BCUT2D eigenvalue weighted by atomic mass is 9.94. The van der Waals surface area contributed by atoms with Gasteiger partial charge >= 0.3 is 0 Å². The van der Waals surface area contributed by atoms with Crippen LogP contribution in [0.2, 0.25) is 0 Å². The molecule has 1 aliphatic heterocycles. The molecule has 3 aromatic carbocycles. The van der Waals surface area contributed by atoms with Crippen LogP contribution >= 0.6 is 0 Å². The summed E-state index contributed by atoms with van der Waals surface area (Å²) in [6.45, 7) is 10.0. The van der Waals surface area contributed by atoms with Gasteiger partial charge in [0.2, 0.25) is 0 Å². The molecule has 0 spiro atoms. The van der Waals surface area contributed by atoms with E-state index >= 15 is 0 Å². The van der Waals surface area contributed by atoms with Crippen LogP contribution in [0.25, 0.3) is 6.08 Å². The third-order valence-corrected chi connectivity index (χ3v) is 10.3. The Morgan fingerprint density at radius 3 is 1.93 bits per heavy atom. The maximum Gasteiger partial charge on any atom is 0.299 e. The van der Waals surface area contributed by atoms with Gasteiger partial charge in [-0.2, -0.15) is 15.8 Å². The van der Waals surface area contributed by atoms with Crippen molar-refractivity contribution < 1.29 is 9.16 Å². The fraction of sp³-hybridized carbons (Fsp3) is 0.289. The van der Waals surface area contributed by atoms with Gasteiger partial charge in [-0.15, -0.1) is 0 Å². The molecule has 0 atom stereocenters. The van der Waals surface area contributed by atoms with Crippen LogP contribution in [0, 0.1) is 34.0 Å². The molecule has 6 nitrogen and oxygen atoms in total. The predicted molar refractivity (Wildman–Crippen MR) is 183 cm³/mol. The SMILES string of the molecule is CCCCN(CCCC)c1ccc(/C=C/C2=C(C#N)C(=C(C#N)C#N)OC2(C)C)c(O[SiH](c2ccccc2)c2ccccc2)c1. The van der Waals surface area contributed by atoms with E-state index in [9.17, 15) is 15.8 Å². The van der Waals surface area contributed by atoms with E-state index in [0.29, 0.717) is 5.57 Å². The second-order valence-electron chi connectivity index (χ2n) is 11.5. The van der Waals surface area contributed by atoms with Crippen molar-refractivity contribution in [2.75, 3.05) is 18.0 Å². The summed E-state index contributed by atoms with van der Waals surface area (Å²) in [5, 5.41) is 31.3. The molecule has 0 fully saturated rings. The van der Waals surface area contributed by atoms with Gasteiger partial charge in [0.15, 0.2) is 11.3 Å².